The van der Waals surface area contributed by atoms with Gasteiger partial charge in [-0.25, -0.2) is 8.42 Å². The van der Waals surface area contributed by atoms with Crippen LogP contribution in [0.2, 0.25) is 0 Å². The normalized spacial score (nSPS) is 13.6. The number of rotatable bonds is 5. The summed E-state index contributed by atoms with van der Waals surface area (Å²) in [6.45, 7) is 1.51. The summed E-state index contributed by atoms with van der Waals surface area (Å²) in [7, 11) is -3.33. The third kappa shape index (κ3) is 2.96. The lowest BCUT2D eigenvalue weighted by atomic mass is 10.3. The second-order valence-corrected chi connectivity index (χ2v) is 6.00. The minimum Gasteiger partial charge on any atom is -0.399 e. The third-order valence-corrected chi connectivity index (χ3v) is 4.55. The van der Waals surface area contributed by atoms with E-state index in [0.29, 0.717) is 12.1 Å². The highest BCUT2D eigenvalue weighted by molar-refractivity contribution is 7.92. The Labute approximate surface area is 96.0 Å². The van der Waals surface area contributed by atoms with E-state index < -0.39 is 15.1 Å². The van der Waals surface area contributed by atoms with E-state index in [4.69, 9.17) is 10.8 Å². The van der Waals surface area contributed by atoms with Crippen LogP contribution < -0.4 is 5.73 Å². The Morgan fingerprint density at radius 3 is 2.44 bits per heavy atom. The predicted molar refractivity (Wildman–Crippen MR) is 63.5 cm³/mol. The molecule has 1 atom stereocenters. The molecule has 0 spiro atoms. The van der Waals surface area contributed by atoms with E-state index in [0.717, 1.165) is 0 Å². The second-order valence-electron chi connectivity index (χ2n) is 3.63. The summed E-state index contributed by atoms with van der Waals surface area (Å²) in [5, 5.41) is 8.08. The molecule has 0 heterocycles. The molecule has 3 N–H and O–H groups in total. The zero-order valence-corrected chi connectivity index (χ0v) is 9.94. The Kier molecular flexibility index (Phi) is 4.32. The Morgan fingerprint density at radius 1 is 1.38 bits per heavy atom. The maximum atomic E-state index is 12.0. The Balaban J connectivity index is 2.89. The summed E-state index contributed by atoms with van der Waals surface area (Å²) >= 11 is 0. The van der Waals surface area contributed by atoms with Gasteiger partial charge in [-0.15, -0.1) is 0 Å². The highest BCUT2D eigenvalue weighted by Gasteiger charge is 2.22. The molecule has 1 aromatic rings. The quantitative estimate of drug-likeness (QED) is 0.755. The van der Waals surface area contributed by atoms with E-state index in [1.165, 1.54) is 12.1 Å². The van der Waals surface area contributed by atoms with Crippen molar-refractivity contribution in [1.82, 2.24) is 0 Å². The molecule has 0 aliphatic rings. The number of nitrogens with two attached hydrogens (primary N) is 1. The minimum absolute atomic E-state index is 0.110. The zero-order chi connectivity index (χ0) is 12.2. The molecule has 1 aromatic carbocycles. The molecule has 5 heteroatoms. The van der Waals surface area contributed by atoms with Crippen LogP contribution in [0.3, 0.4) is 0 Å². The Hall–Kier alpha value is -1.07. The molecule has 1 unspecified atom stereocenters. The lowest BCUT2D eigenvalue weighted by molar-refractivity contribution is 0.323. The molecule has 1 radical (unpaired) electrons. The molecule has 16 heavy (non-hydrogen) atoms. The first-order chi connectivity index (χ1) is 7.48. The van der Waals surface area contributed by atoms with Crippen molar-refractivity contribution in [2.45, 2.75) is 23.5 Å². The summed E-state index contributed by atoms with van der Waals surface area (Å²) in [5.74, 6) is 0. The molecular formula is C11H16NO3S. The van der Waals surface area contributed by atoms with E-state index in [1.807, 2.05) is 0 Å². The lowest BCUT2D eigenvalue weighted by Gasteiger charge is -2.12. The van der Waals surface area contributed by atoms with Gasteiger partial charge in [0.15, 0.2) is 9.84 Å². The maximum Gasteiger partial charge on any atom is 0.180 e. The molecule has 0 saturated carbocycles. The average Bonchev–Trinajstić information content (AvgIpc) is 2.26. The van der Waals surface area contributed by atoms with Gasteiger partial charge in [0.1, 0.15) is 0 Å². The van der Waals surface area contributed by atoms with Crippen LogP contribution in [0.15, 0.2) is 29.2 Å². The van der Waals surface area contributed by atoms with Crippen molar-refractivity contribution in [2.24, 2.45) is 0 Å². The molecule has 0 fully saturated rings. The minimum atomic E-state index is -3.33. The molecule has 0 bridgehead atoms. The van der Waals surface area contributed by atoms with Gasteiger partial charge in [-0.05, 0) is 44.0 Å². The van der Waals surface area contributed by atoms with Gasteiger partial charge in [-0.3, -0.25) is 0 Å². The summed E-state index contributed by atoms with van der Waals surface area (Å²) in [6.07, 6.45) is 1.88. The second kappa shape index (κ2) is 5.32. The average molecular weight is 242 g/mol. The fraction of sp³-hybridized carbons (Fsp3) is 0.364. The third-order valence-electron chi connectivity index (χ3n) is 2.37. The molecule has 89 valence electrons. The van der Waals surface area contributed by atoms with E-state index in [2.05, 4.69) is 0 Å². The number of hydrogen-bond donors (Lipinski definition) is 2. The summed E-state index contributed by atoms with van der Waals surface area (Å²) in [4.78, 5) is 0.264. The number of aliphatic hydroxyl groups is 1. The van der Waals surface area contributed by atoms with Gasteiger partial charge in [0.05, 0.1) is 10.1 Å². The molecule has 1 rings (SSSR count). The smallest absolute Gasteiger partial charge is 0.180 e. The van der Waals surface area contributed by atoms with E-state index in [9.17, 15) is 8.42 Å². The van der Waals surface area contributed by atoms with Crippen molar-refractivity contribution in [1.29, 1.82) is 0 Å². The largest absolute Gasteiger partial charge is 0.399 e. The van der Waals surface area contributed by atoms with Crippen LogP contribution in [-0.2, 0) is 9.84 Å². The van der Waals surface area contributed by atoms with Crippen molar-refractivity contribution >= 4 is 15.5 Å². The predicted octanol–water partition coefficient (Wildman–Crippen LogP) is 1.02. The topological polar surface area (TPSA) is 80.4 Å². The number of aliphatic hydroxyl groups excluding tert-OH is 1. The van der Waals surface area contributed by atoms with Crippen molar-refractivity contribution in [3.8, 4) is 0 Å². The Bertz CT molecular complexity index is 425. The van der Waals surface area contributed by atoms with Crippen LogP contribution in [0.4, 0.5) is 5.69 Å². The van der Waals surface area contributed by atoms with Gasteiger partial charge < -0.3 is 10.8 Å². The maximum absolute atomic E-state index is 12.0. The summed E-state index contributed by atoms with van der Waals surface area (Å²) < 4.78 is 24.0. The van der Waals surface area contributed by atoms with Gasteiger partial charge in [-0.2, -0.15) is 0 Å². The number of benzene rings is 1. The number of nitrogen functional groups attached to an aromatic ring is 1. The van der Waals surface area contributed by atoms with Gasteiger partial charge >= 0.3 is 0 Å². The molecule has 0 aliphatic carbocycles. The molecule has 0 aromatic heterocycles. The number of hydrogen-bond acceptors (Lipinski definition) is 4. The molecule has 0 saturated heterocycles. The van der Waals surface area contributed by atoms with Gasteiger partial charge in [0.25, 0.3) is 0 Å². The van der Waals surface area contributed by atoms with Crippen molar-refractivity contribution in [3.05, 3.63) is 30.7 Å². The molecule has 0 amide bonds. The van der Waals surface area contributed by atoms with E-state index >= 15 is 0 Å². The van der Waals surface area contributed by atoms with Crippen LogP contribution in [0.5, 0.6) is 0 Å². The van der Waals surface area contributed by atoms with Crippen molar-refractivity contribution in [3.63, 3.8) is 0 Å². The monoisotopic (exact) mass is 242 g/mol. The van der Waals surface area contributed by atoms with Crippen LogP contribution in [0.25, 0.3) is 0 Å². The Morgan fingerprint density at radius 2 is 1.94 bits per heavy atom. The van der Waals surface area contributed by atoms with Gasteiger partial charge in [-0.1, -0.05) is 0 Å². The summed E-state index contributed by atoms with van der Waals surface area (Å²) in [5.41, 5.74) is 6.03. The molecular weight excluding hydrogens is 226 g/mol. The molecule has 0 aliphatic heterocycles. The molecule has 4 nitrogen and oxygen atoms in total. The van der Waals surface area contributed by atoms with Gasteiger partial charge in [0, 0.05) is 12.3 Å². The van der Waals surface area contributed by atoms with Crippen LogP contribution in [0.1, 0.15) is 13.3 Å². The fourth-order valence-electron chi connectivity index (χ4n) is 1.33. The van der Waals surface area contributed by atoms with Crippen LogP contribution >= 0.6 is 0 Å². The van der Waals surface area contributed by atoms with E-state index in [1.54, 1.807) is 25.5 Å². The zero-order valence-electron chi connectivity index (χ0n) is 9.13. The van der Waals surface area contributed by atoms with Crippen molar-refractivity contribution in [2.75, 3.05) is 12.3 Å². The first-order valence-corrected chi connectivity index (χ1v) is 6.55. The highest BCUT2D eigenvalue weighted by atomic mass is 32.2. The standard InChI is InChI=1S/C11H16NO3S/c1-9(3-2-8-13)16(14,15)11-6-4-10(12)5-7-11/h2,4-7,9,13H,3,8,12H2,1H3. The first-order valence-electron chi connectivity index (χ1n) is 5.00. The lowest BCUT2D eigenvalue weighted by Crippen LogP contribution is -2.18. The van der Waals surface area contributed by atoms with Crippen LogP contribution in [-0.4, -0.2) is 25.4 Å². The first kappa shape index (κ1) is 13.0. The highest BCUT2D eigenvalue weighted by Crippen LogP contribution is 2.19. The van der Waals surface area contributed by atoms with Gasteiger partial charge in [0.2, 0.25) is 0 Å². The van der Waals surface area contributed by atoms with E-state index in [-0.39, 0.29) is 11.5 Å². The number of sulfone groups is 1. The number of anilines is 1. The van der Waals surface area contributed by atoms with Crippen LogP contribution in [0, 0.1) is 6.42 Å². The van der Waals surface area contributed by atoms with Crippen molar-refractivity contribution < 1.29 is 13.5 Å². The SMILES string of the molecule is CC(C[CH]CO)S(=O)(=O)c1ccc(N)cc1. The fourth-order valence-corrected chi connectivity index (χ4v) is 2.70. The summed E-state index contributed by atoms with van der Waals surface area (Å²) in [6, 6.07) is 6.13.